The van der Waals surface area contributed by atoms with E-state index in [-0.39, 0.29) is 35.5 Å². The third-order valence-corrected chi connectivity index (χ3v) is 9.22. The van der Waals surface area contributed by atoms with E-state index < -0.39 is 21.8 Å². The van der Waals surface area contributed by atoms with E-state index in [1.165, 1.54) is 17.5 Å². The average Bonchev–Trinajstić information content (AvgIpc) is 3.40. The van der Waals surface area contributed by atoms with Crippen LogP contribution in [0.3, 0.4) is 0 Å². The summed E-state index contributed by atoms with van der Waals surface area (Å²) in [5, 5.41) is 2.90. The third kappa shape index (κ3) is 5.39. The number of rotatable bonds is 7. The Morgan fingerprint density at radius 3 is 2.48 bits per heavy atom. The molecule has 40 heavy (non-hydrogen) atoms. The number of halogens is 1. The van der Waals surface area contributed by atoms with Crippen LogP contribution in [0.15, 0.2) is 65.6 Å². The van der Waals surface area contributed by atoms with Gasteiger partial charge in [0.1, 0.15) is 22.2 Å². The van der Waals surface area contributed by atoms with E-state index in [9.17, 15) is 22.4 Å². The SMILES string of the molecule is COc1ccc(C(=O)N2CCc3ccc(NC(=O)C4CCCN(S(=O)(=O)c5cc(F)ccc5OC)C4)cc32)cc1. The molecule has 9 nitrogen and oxygen atoms in total. The van der Waals surface area contributed by atoms with Gasteiger partial charge in [-0.05, 0) is 79.4 Å². The summed E-state index contributed by atoms with van der Waals surface area (Å²) in [6, 6.07) is 15.7. The molecule has 1 saturated heterocycles. The Morgan fingerprint density at radius 2 is 1.75 bits per heavy atom. The van der Waals surface area contributed by atoms with Crippen molar-refractivity contribution in [3.05, 3.63) is 77.6 Å². The van der Waals surface area contributed by atoms with Crippen molar-refractivity contribution in [1.82, 2.24) is 4.31 Å². The van der Waals surface area contributed by atoms with E-state index in [0.29, 0.717) is 42.8 Å². The lowest BCUT2D eigenvalue weighted by Gasteiger charge is -2.31. The van der Waals surface area contributed by atoms with Gasteiger partial charge in [0.2, 0.25) is 15.9 Å². The molecule has 1 fully saturated rings. The van der Waals surface area contributed by atoms with Gasteiger partial charge in [0.05, 0.1) is 20.1 Å². The minimum Gasteiger partial charge on any atom is -0.497 e. The number of hydrogen-bond donors (Lipinski definition) is 1. The highest BCUT2D eigenvalue weighted by Crippen LogP contribution is 2.34. The van der Waals surface area contributed by atoms with Gasteiger partial charge in [-0.3, -0.25) is 9.59 Å². The Labute approximate surface area is 232 Å². The number of ether oxygens (including phenoxy) is 2. The highest BCUT2D eigenvalue weighted by molar-refractivity contribution is 7.89. The smallest absolute Gasteiger partial charge is 0.258 e. The first kappa shape index (κ1) is 27.6. The van der Waals surface area contributed by atoms with E-state index >= 15 is 0 Å². The van der Waals surface area contributed by atoms with Gasteiger partial charge in [-0.15, -0.1) is 0 Å². The first-order chi connectivity index (χ1) is 19.2. The van der Waals surface area contributed by atoms with Gasteiger partial charge in [-0.25, -0.2) is 12.8 Å². The number of nitrogens with one attached hydrogen (secondary N) is 1. The Hall–Kier alpha value is -3.96. The molecule has 0 radical (unpaired) electrons. The zero-order valence-corrected chi connectivity index (χ0v) is 23.0. The summed E-state index contributed by atoms with van der Waals surface area (Å²) >= 11 is 0. The summed E-state index contributed by atoms with van der Waals surface area (Å²) in [4.78, 5) is 27.9. The molecular weight excluding hydrogens is 537 g/mol. The zero-order valence-electron chi connectivity index (χ0n) is 22.2. The fourth-order valence-corrected chi connectivity index (χ4v) is 6.86. The van der Waals surface area contributed by atoms with Crippen LogP contribution in [0.1, 0.15) is 28.8 Å². The van der Waals surface area contributed by atoms with Crippen LogP contribution < -0.4 is 19.7 Å². The molecule has 0 aliphatic carbocycles. The molecule has 0 spiro atoms. The highest BCUT2D eigenvalue weighted by Gasteiger charge is 2.35. The number of hydrogen-bond acceptors (Lipinski definition) is 6. The van der Waals surface area contributed by atoms with E-state index in [1.807, 2.05) is 6.07 Å². The molecule has 2 heterocycles. The number of methoxy groups -OCH3 is 2. The van der Waals surface area contributed by atoms with Crippen LogP contribution in [0.5, 0.6) is 11.5 Å². The Bertz CT molecular complexity index is 1540. The summed E-state index contributed by atoms with van der Waals surface area (Å²) in [7, 11) is -1.20. The van der Waals surface area contributed by atoms with Crippen molar-refractivity contribution in [2.45, 2.75) is 24.2 Å². The second-order valence-corrected chi connectivity index (χ2v) is 11.7. The Kier molecular flexibility index (Phi) is 7.77. The van der Waals surface area contributed by atoms with Crippen LogP contribution >= 0.6 is 0 Å². The number of piperidine rings is 1. The van der Waals surface area contributed by atoms with Gasteiger partial charge >= 0.3 is 0 Å². The summed E-state index contributed by atoms with van der Waals surface area (Å²) in [6.45, 7) is 0.699. The maximum atomic E-state index is 13.9. The molecule has 3 aromatic rings. The van der Waals surface area contributed by atoms with Crippen molar-refractivity contribution < 1.29 is 31.9 Å². The number of fused-ring (bicyclic) bond motifs is 1. The Balaban J connectivity index is 1.30. The molecule has 0 aromatic heterocycles. The first-order valence-electron chi connectivity index (χ1n) is 12.9. The summed E-state index contributed by atoms with van der Waals surface area (Å²) in [5.41, 5.74) is 2.77. The monoisotopic (exact) mass is 567 g/mol. The van der Waals surface area contributed by atoms with Crippen LogP contribution in [-0.4, -0.2) is 58.4 Å². The maximum absolute atomic E-state index is 13.9. The number of nitrogens with zero attached hydrogens (tertiary/aromatic N) is 2. The van der Waals surface area contributed by atoms with Gasteiger partial charge in [0, 0.05) is 36.6 Å². The van der Waals surface area contributed by atoms with Crippen LogP contribution in [-0.2, 0) is 21.2 Å². The first-order valence-corrected chi connectivity index (χ1v) is 14.4. The number of carbonyl (C=O) groups is 2. The molecular formula is C29H30FN3O6S. The molecule has 1 unspecified atom stereocenters. The van der Waals surface area contributed by atoms with Crippen molar-refractivity contribution in [3.63, 3.8) is 0 Å². The quantitative estimate of drug-likeness (QED) is 0.461. The van der Waals surface area contributed by atoms with Gasteiger partial charge in [0.15, 0.2) is 0 Å². The van der Waals surface area contributed by atoms with Crippen LogP contribution in [0.25, 0.3) is 0 Å². The van der Waals surface area contributed by atoms with Crippen molar-refractivity contribution >= 4 is 33.2 Å². The van der Waals surface area contributed by atoms with Gasteiger partial charge in [0.25, 0.3) is 5.91 Å². The average molecular weight is 568 g/mol. The van der Waals surface area contributed by atoms with Crippen molar-refractivity contribution in [1.29, 1.82) is 0 Å². The lowest BCUT2D eigenvalue weighted by Crippen LogP contribution is -2.43. The second kappa shape index (κ2) is 11.3. The van der Waals surface area contributed by atoms with Crippen LogP contribution in [0, 0.1) is 11.7 Å². The molecule has 210 valence electrons. The zero-order chi connectivity index (χ0) is 28.4. The van der Waals surface area contributed by atoms with Gasteiger partial charge in [-0.2, -0.15) is 4.31 Å². The molecule has 5 rings (SSSR count). The molecule has 11 heteroatoms. The molecule has 1 N–H and O–H groups in total. The molecule has 2 aliphatic heterocycles. The maximum Gasteiger partial charge on any atom is 0.258 e. The van der Waals surface area contributed by atoms with E-state index in [4.69, 9.17) is 9.47 Å². The number of carbonyl (C=O) groups excluding carboxylic acids is 2. The molecule has 2 amide bonds. The van der Waals surface area contributed by atoms with Crippen molar-refractivity contribution in [3.8, 4) is 11.5 Å². The third-order valence-electron chi connectivity index (χ3n) is 7.33. The molecule has 0 bridgehead atoms. The van der Waals surface area contributed by atoms with Crippen molar-refractivity contribution in [2.75, 3.05) is 44.1 Å². The van der Waals surface area contributed by atoms with E-state index in [0.717, 1.165) is 23.4 Å². The topological polar surface area (TPSA) is 105 Å². The number of sulfonamides is 1. The van der Waals surface area contributed by atoms with E-state index in [2.05, 4.69) is 5.32 Å². The number of benzene rings is 3. The standard InChI is InChI=1S/C29H30FN3O6S/c1-38-24-10-6-20(7-11-24)29(35)33-15-13-19-5-9-23(17-25(19)33)31-28(34)21-4-3-14-32(18-21)40(36,37)27-16-22(30)8-12-26(27)39-2/h5-12,16-17,21H,3-4,13-15,18H2,1-2H3,(H,31,34). The Morgan fingerprint density at radius 1 is 0.975 bits per heavy atom. The minimum absolute atomic E-state index is 0.0408. The summed E-state index contributed by atoms with van der Waals surface area (Å²) in [5.74, 6) is -1.06. The number of amides is 2. The van der Waals surface area contributed by atoms with Crippen LogP contribution in [0.2, 0.25) is 0 Å². The lowest BCUT2D eigenvalue weighted by molar-refractivity contribution is -0.120. The van der Waals surface area contributed by atoms with Crippen molar-refractivity contribution in [2.24, 2.45) is 5.92 Å². The number of anilines is 2. The second-order valence-electron chi connectivity index (χ2n) is 9.77. The normalized spacial score (nSPS) is 17.3. The predicted molar refractivity (Wildman–Crippen MR) is 148 cm³/mol. The molecule has 0 saturated carbocycles. The summed E-state index contributed by atoms with van der Waals surface area (Å²) in [6.07, 6.45) is 1.68. The fraction of sp³-hybridized carbons (Fsp3) is 0.310. The largest absolute Gasteiger partial charge is 0.497 e. The summed E-state index contributed by atoms with van der Waals surface area (Å²) < 4.78 is 52.1. The molecule has 3 aromatic carbocycles. The molecule has 1 atom stereocenters. The predicted octanol–water partition coefficient (Wildman–Crippen LogP) is 4.09. The molecule has 2 aliphatic rings. The minimum atomic E-state index is -4.09. The van der Waals surface area contributed by atoms with Gasteiger partial charge in [-0.1, -0.05) is 6.07 Å². The van der Waals surface area contributed by atoms with Gasteiger partial charge < -0.3 is 19.7 Å². The van der Waals surface area contributed by atoms with Crippen LogP contribution in [0.4, 0.5) is 15.8 Å². The lowest BCUT2D eigenvalue weighted by atomic mass is 9.98. The highest BCUT2D eigenvalue weighted by atomic mass is 32.2. The fourth-order valence-electron chi connectivity index (χ4n) is 5.17. The van der Waals surface area contributed by atoms with E-state index in [1.54, 1.807) is 48.4 Å².